The molecule has 7 nitrogen and oxygen atoms in total. The number of nitrogens with one attached hydrogen (secondary N) is 1. The average Bonchev–Trinajstić information content (AvgIpc) is 3.00. The lowest BCUT2D eigenvalue weighted by Crippen LogP contribution is -3.00. The van der Waals surface area contributed by atoms with E-state index in [0.717, 1.165) is 10.6 Å². The lowest BCUT2D eigenvalue weighted by Gasteiger charge is -2.05. The maximum atomic E-state index is 11.9. The number of fused-ring (bicyclic) bond motifs is 1. The fourth-order valence-corrected chi connectivity index (χ4v) is 2.88. The van der Waals surface area contributed by atoms with E-state index in [9.17, 15) is 5.21 Å². The van der Waals surface area contributed by atoms with Crippen LogP contribution in [0.3, 0.4) is 0 Å². The van der Waals surface area contributed by atoms with Gasteiger partial charge in [-0.15, -0.1) is 0 Å². The summed E-state index contributed by atoms with van der Waals surface area (Å²) >= 11 is 6.21. The Morgan fingerprint density at radius 3 is 2.65 bits per heavy atom. The Kier molecular flexibility index (Phi) is 5.03. The molecular weight excluding hydrogens is 375 g/mol. The summed E-state index contributed by atoms with van der Waals surface area (Å²) in [4.78, 5) is 8.65. The Hall–Kier alpha value is -2.74. The second kappa shape index (κ2) is 7.25. The van der Waals surface area contributed by atoms with Gasteiger partial charge in [-0.05, 0) is 12.1 Å². The lowest BCUT2D eigenvalue weighted by atomic mass is 10.2. The predicted molar refractivity (Wildman–Crippen MR) is 92.2 cm³/mol. The highest BCUT2D eigenvalue weighted by atomic mass is 35.5. The first-order valence-electron chi connectivity index (χ1n) is 7.63. The van der Waals surface area contributed by atoms with Gasteiger partial charge in [-0.3, -0.25) is 0 Å². The quantitative estimate of drug-likeness (QED) is 0.357. The van der Waals surface area contributed by atoms with Crippen LogP contribution in [0.4, 0.5) is 5.82 Å². The van der Waals surface area contributed by atoms with Gasteiger partial charge in [-0.2, -0.15) is 14.7 Å². The molecule has 0 amide bonds. The van der Waals surface area contributed by atoms with Crippen molar-refractivity contribution in [2.45, 2.75) is 6.54 Å². The number of pyridine rings is 1. The number of aromatic nitrogens is 3. The number of hydrogen-bond donors (Lipinski definition) is 2. The molecule has 0 fully saturated rings. The highest BCUT2D eigenvalue weighted by molar-refractivity contribution is 6.31. The minimum Gasteiger partial charge on any atom is -1.00 e. The minimum atomic E-state index is 0. The van der Waals surface area contributed by atoms with E-state index in [1.54, 1.807) is 18.2 Å². The second-order valence-corrected chi connectivity index (χ2v) is 6.00. The molecule has 3 N–H and O–H groups in total. The highest BCUT2D eigenvalue weighted by Gasteiger charge is 2.20. The van der Waals surface area contributed by atoms with Crippen LogP contribution in [0.2, 0.25) is 5.02 Å². The molecule has 4 rings (SSSR count). The number of benzene rings is 1. The number of nitrogens with two attached hydrogens (primary N) is 1. The maximum Gasteiger partial charge on any atom is 0.261 e. The Balaban J connectivity index is 0.00000196. The fraction of sp³-hybridized carbons (Fsp3) is 0.0588. The number of quaternary nitrogens is 1. The summed E-state index contributed by atoms with van der Waals surface area (Å²) in [6.07, 6.45) is 3.24. The van der Waals surface area contributed by atoms with Gasteiger partial charge >= 0.3 is 0 Å². The van der Waals surface area contributed by atoms with Gasteiger partial charge in [0.05, 0.1) is 0 Å². The molecule has 0 saturated heterocycles. The molecule has 1 atom stereocenters. The number of nitrogens with zero attached hydrogens (tertiary/aromatic N) is 4. The zero-order chi connectivity index (χ0) is 17.4. The summed E-state index contributed by atoms with van der Waals surface area (Å²) in [7, 11) is 0. The van der Waals surface area contributed by atoms with Crippen molar-refractivity contribution in [3.63, 3.8) is 0 Å². The number of hydrogen-bond acceptors (Lipinski definition) is 5. The van der Waals surface area contributed by atoms with Crippen molar-refractivity contribution < 1.29 is 22.1 Å². The molecular formula is C17H14Cl2N6O. The van der Waals surface area contributed by atoms with Crippen molar-refractivity contribution >= 4 is 23.6 Å². The zero-order valence-electron chi connectivity index (χ0n) is 13.4. The topological polar surface area (TPSA) is 95.5 Å². The Labute approximate surface area is 160 Å². The molecule has 1 aliphatic heterocycles. The van der Waals surface area contributed by atoms with Crippen LogP contribution in [0.15, 0.2) is 53.8 Å². The van der Waals surface area contributed by atoms with Crippen LogP contribution in [0.1, 0.15) is 5.56 Å². The van der Waals surface area contributed by atoms with Crippen molar-refractivity contribution in [2.75, 3.05) is 5.73 Å². The van der Waals surface area contributed by atoms with E-state index in [0.29, 0.717) is 38.5 Å². The van der Waals surface area contributed by atoms with Crippen LogP contribution in [-0.2, 0) is 6.54 Å². The van der Waals surface area contributed by atoms with Crippen molar-refractivity contribution in [2.24, 2.45) is 5.10 Å². The van der Waals surface area contributed by atoms with Crippen molar-refractivity contribution in [1.82, 2.24) is 9.97 Å². The Bertz CT molecular complexity index is 1090. The fourth-order valence-electron chi connectivity index (χ4n) is 2.68. The van der Waals surface area contributed by atoms with Crippen molar-refractivity contribution in [3.8, 4) is 11.5 Å². The molecule has 0 spiro atoms. The van der Waals surface area contributed by atoms with E-state index in [1.807, 2.05) is 30.5 Å². The standard InChI is InChI=1S/C17H13ClN6O.ClH/c18-13-6-2-1-5-11(13)9-23-10-12-15(19)20-17(21-16(12)22-23)14-7-3-4-8-24(14)25;/h1-8,10H,9H2,(H2,19,20,21,22);1H. The van der Waals surface area contributed by atoms with Gasteiger partial charge in [0.15, 0.2) is 6.20 Å². The van der Waals surface area contributed by atoms with Crippen LogP contribution in [0, 0.1) is 5.21 Å². The molecule has 0 aliphatic carbocycles. The first-order chi connectivity index (χ1) is 12.1. The van der Waals surface area contributed by atoms with E-state index in [-0.39, 0.29) is 18.2 Å². The first kappa shape index (κ1) is 18.1. The van der Waals surface area contributed by atoms with E-state index in [1.165, 1.54) is 6.20 Å². The average molecular weight is 389 g/mol. The number of rotatable bonds is 3. The third-order valence-corrected chi connectivity index (χ3v) is 4.27. The van der Waals surface area contributed by atoms with Gasteiger partial charge in [0.2, 0.25) is 11.3 Å². The molecule has 3 heterocycles. The van der Waals surface area contributed by atoms with Crippen molar-refractivity contribution in [1.29, 1.82) is 0 Å². The van der Waals surface area contributed by atoms with E-state index < -0.39 is 0 Å². The molecule has 1 unspecified atom stereocenters. The Morgan fingerprint density at radius 1 is 1.12 bits per heavy atom. The summed E-state index contributed by atoms with van der Waals surface area (Å²) in [5, 5.41) is 18.6. The summed E-state index contributed by atoms with van der Waals surface area (Å²) in [6, 6.07) is 12.6. The van der Waals surface area contributed by atoms with Gasteiger partial charge < -0.3 is 23.3 Å². The smallest absolute Gasteiger partial charge is 0.261 e. The van der Waals surface area contributed by atoms with Crippen LogP contribution < -0.4 is 38.6 Å². The summed E-state index contributed by atoms with van der Waals surface area (Å²) in [5.74, 6) is 0.546. The van der Waals surface area contributed by atoms with E-state index in [2.05, 4.69) is 15.1 Å². The third-order valence-electron chi connectivity index (χ3n) is 3.90. The molecule has 0 saturated carbocycles. The van der Waals surface area contributed by atoms with Crippen molar-refractivity contribution in [3.05, 3.63) is 75.2 Å². The number of halogens is 2. The van der Waals surface area contributed by atoms with Gasteiger partial charge in [-0.25, -0.2) is 4.98 Å². The predicted octanol–water partition coefficient (Wildman–Crippen LogP) is -3.61. The molecule has 132 valence electrons. The molecule has 26 heavy (non-hydrogen) atoms. The molecule has 1 aromatic carbocycles. The van der Waals surface area contributed by atoms with E-state index in [4.69, 9.17) is 17.3 Å². The van der Waals surface area contributed by atoms with Crippen LogP contribution >= 0.6 is 11.6 Å². The molecule has 1 aliphatic rings. The molecule has 2 aromatic heterocycles. The van der Waals surface area contributed by atoms with Gasteiger partial charge in [0.1, 0.15) is 23.8 Å². The summed E-state index contributed by atoms with van der Waals surface area (Å²) in [5.41, 5.74) is 7.82. The molecule has 0 bridgehead atoms. The summed E-state index contributed by atoms with van der Waals surface area (Å²) in [6.45, 7) is 0.567. The summed E-state index contributed by atoms with van der Waals surface area (Å²) < 4.78 is 0.703. The SMILES string of the molecule is Nc1nc(-c2cccc[n+]2[O-])nc2c1=C[NH+](Cc1ccccc1Cl)N=2.[Cl-]. The largest absolute Gasteiger partial charge is 1.00 e. The normalized spacial score (nSPS) is 14.7. The minimum absolute atomic E-state index is 0. The molecule has 3 aromatic rings. The monoisotopic (exact) mass is 388 g/mol. The Morgan fingerprint density at radius 2 is 1.88 bits per heavy atom. The van der Waals surface area contributed by atoms with Gasteiger partial charge in [0.25, 0.3) is 5.69 Å². The first-order valence-corrected chi connectivity index (χ1v) is 8.01. The van der Waals surface area contributed by atoms with Crippen LogP contribution in [-0.4, -0.2) is 9.97 Å². The highest BCUT2D eigenvalue weighted by Crippen LogP contribution is 2.13. The lowest BCUT2D eigenvalue weighted by molar-refractivity contribution is -0.840. The third kappa shape index (κ3) is 3.32. The zero-order valence-corrected chi connectivity index (χ0v) is 14.9. The van der Waals surface area contributed by atoms with Gasteiger partial charge in [0, 0.05) is 22.7 Å². The van der Waals surface area contributed by atoms with Crippen LogP contribution in [0.25, 0.3) is 17.7 Å². The number of nitrogen functional groups attached to an aromatic ring is 1. The second-order valence-electron chi connectivity index (χ2n) is 5.60. The van der Waals surface area contributed by atoms with E-state index >= 15 is 0 Å². The molecule has 0 radical (unpaired) electrons. The van der Waals surface area contributed by atoms with Gasteiger partial charge in [-0.1, -0.05) is 34.9 Å². The maximum absolute atomic E-state index is 11.9. The van der Waals surface area contributed by atoms with Crippen LogP contribution in [0.5, 0.6) is 0 Å². The number of anilines is 1. The molecule has 9 heteroatoms.